The fraction of sp³-hybridized carbons (Fsp3) is 0.417. The van der Waals surface area contributed by atoms with Crippen molar-refractivity contribution in [2.75, 3.05) is 6.54 Å². The second-order valence-corrected chi connectivity index (χ2v) is 8.62. The van der Waals surface area contributed by atoms with E-state index in [-0.39, 0.29) is 6.09 Å². The number of carbonyl (C=O) groups excluding carboxylic acids is 1. The zero-order chi connectivity index (χ0) is 12.4. The monoisotopic (exact) mass is 239 g/mol. The molecule has 90 valence electrons. The average molecular weight is 239 g/mol. The maximum absolute atomic E-state index is 10.8. The minimum atomic E-state index is -1.67. The first kappa shape index (κ1) is 14.7. The van der Waals surface area contributed by atoms with E-state index in [9.17, 15) is 4.79 Å². The Bertz CT molecular complexity index is 256. The summed E-state index contributed by atoms with van der Waals surface area (Å²) in [5.41, 5.74) is 0. The largest absolute Gasteiger partial charge is 0.504 e. The molecule has 0 aromatic heterocycles. The summed E-state index contributed by atoms with van der Waals surface area (Å²) in [5.74, 6) is 0. The molecule has 3 nitrogen and oxygen atoms in total. The van der Waals surface area contributed by atoms with Crippen molar-refractivity contribution >= 4 is 14.4 Å². The quantitative estimate of drug-likeness (QED) is 0.805. The van der Waals surface area contributed by atoms with Crippen LogP contribution in [0.4, 0.5) is 4.79 Å². The van der Waals surface area contributed by atoms with Gasteiger partial charge in [0, 0.05) is 6.54 Å². The Kier molecular flexibility index (Phi) is 7.29. The minimum Gasteiger partial charge on any atom is -0.504 e. The summed E-state index contributed by atoms with van der Waals surface area (Å²) in [5, 5.41) is 2.58. The summed E-state index contributed by atoms with van der Waals surface area (Å²) in [6.07, 6.45) is -0.290. The van der Waals surface area contributed by atoms with Crippen molar-refractivity contribution in [1.82, 2.24) is 5.32 Å². The Labute approximate surface area is 99.0 Å². The topological polar surface area (TPSA) is 38.3 Å². The molecule has 1 rings (SSSR count). The molecule has 16 heavy (non-hydrogen) atoms. The Hall–Kier alpha value is -1.29. The van der Waals surface area contributed by atoms with E-state index < -0.39 is 8.32 Å². The van der Waals surface area contributed by atoms with Crippen molar-refractivity contribution in [2.24, 2.45) is 0 Å². The van der Waals surface area contributed by atoms with Gasteiger partial charge in [0.05, 0.1) is 0 Å². The molecule has 0 atom stereocenters. The predicted octanol–water partition coefficient (Wildman–Crippen LogP) is 3.25. The molecule has 4 heteroatoms. The SMILES string of the molecule is CCNC(=O)O[Si](C)(C)C.c1ccccc1. The van der Waals surface area contributed by atoms with E-state index in [0.29, 0.717) is 6.54 Å². The van der Waals surface area contributed by atoms with E-state index in [4.69, 9.17) is 4.43 Å². The summed E-state index contributed by atoms with van der Waals surface area (Å²) in [6.45, 7) is 8.42. The van der Waals surface area contributed by atoms with Crippen LogP contribution >= 0.6 is 0 Å². The lowest BCUT2D eigenvalue weighted by atomic mass is 10.4. The average Bonchev–Trinajstić information content (AvgIpc) is 2.19. The minimum absolute atomic E-state index is 0.290. The van der Waals surface area contributed by atoms with Gasteiger partial charge in [0.25, 0.3) is 0 Å². The van der Waals surface area contributed by atoms with E-state index in [1.807, 2.05) is 63.0 Å². The van der Waals surface area contributed by atoms with Gasteiger partial charge in [-0.3, -0.25) is 0 Å². The van der Waals surface area contributed by atoms with Crippen LogP contribution in [0, 0.1) is 0 Å². The first-order valence-electron chi connectivity index (χ1n) is 5.42. The Morgan fingerprint density at radius 2 is 1.44 bits per heavy atom. The fourth-order valence-electron chi connectivity index (χ4n) is 0.843. The van der Waals surface area contributed by atoms with E-state index in [0.717, 1.165) is 0 Å². The second-order valence-electron chi connectivity index (χ2n) is 4.19. The molecule has 0 saturated carbocycles. The van der Waals surface area contributed by atoms with Gasteiger partial charge >= 0.3 is 6.09 Å². The van der Waals surface area contributed by atoms with Crippen molar-refractivity contribution in [3.63, 3.8) is 0 Å². The van der Waals surface area contributed by atoms with Crippen molar-refractivity contribution in [3.05, 3.63) is 36.4 Å². The Balaban J connectivity index is 0.000000315. The Morgan fingerprint density at radius 3 is 1.69 bits per heavy atom. The molecule has 0 bridgehead atoms. The molecule has 0 saturated heterocycles. The normalized spacial score (nSPS) is 9.75. The zero-order valence-electron chi connectivity index (χ0n) is 10.5. The van der Waals surface area contributed by atoms with Crippen LogP contribution in [0.1, 0.15) is 6.92 Å². The number of carbonyl (C=O) groups is 1. The summed E-state index contributed by atoms with van der Waals surface area (Å²) in [7, 11) is -1.67. The van der Waals surface area contributed by atoms with Gasteiger partial charge in [-0.1, -0.05) is 36.4 Å². The first-order chi connectivity index (χ1) is 7.45. The molecule has 0 radical (unpaired) electrons. The molecule has 0 heterocycles. The summed E-state index contributed by atoms with van der Waals surface area (Å²) >= 11 is 0. The molecular weight excluding hydrogens is 218 g/mol. The van der Waals surface area contributed by atoms with Gasteiger partial charge in [0.2, 0.25) is 8.32 Å². The number of hydrogen-bond acceptors (Lipinski definition) is 2. The van der Waals surface area contributed by atoms with E-state index in [1.54, 1.807) is 0 Å². The molecule has 1 aromatic carbocycles. The van der Waals surface area contributed by atoms with E-state index >= 15 is 0 Å². The number of amides is 1. The molecule has 1 N–H and O–H groups in total. The van der Waals surface area contributed by atoms with E-state index in [1.165, 1.54) is 0 Å². The smallest absolute Gasteiger partial charge is 0.393 e. The van der Waals surface area contributed by atoms with Gasteiger partial charge in [-0.2, -0.15) is 0 Å². The molecular formula is C12H21NO2Si. The highest BCUT2D eigenvalue weighted by molar-refractivity contribution is 6.71. The lowest BCUT2D eigenvalue weighted by Crippen LogP contribution is -2.35. The van der Waals surface area contributed by atoms with Gasteiger partial charge in [-0.25, -0.2) is 4.79 Å². The molecule has 0 aliphatic rings. The standard InChI is InChI=1S/C6H15NO2Si.C6H6/c1-5-7-6(8)9-10(2,3)4;1-2-4-6-5-3-1/h5H2,1-4H3,(H,7,8);1-6H. The number of nitrogens with one attached hydrogen (secondary N) is 1. The maximum atomic E-state index is 10.8. The van der Waals surface area contributed by atoms with Crippen molar-refractivity contribution in [1.29, 1.82) is 0 Å². The highest BCUT2D eigenvalue weighted by Crippen LogP contribution is 2.01. The van der Waals surface area contributed by atoms with Crippen LogP contribution in [0.15, 0.2) is 36.4 Å². The maximum Gasteiger partial charge on any atom is 0.393 e. The molecule has 1 amide bonds. The zero-order valence-corrected chi connectivity index (χ0v) is 11.5. The third kappa shape index (κ3) is 10.8. The first-order valence-corrected chi connectivity index (χ1v) is 8.83. The highest BCUT2D eigenvalue weighted by atomic mass is 28.4. The lowest BCUT2D eigenvalue weighted by Gasteiger charge is -2.16. The Morgan fingerprint density at radius 1 is 1.06 bits per heavy atom. The van der Waals surface area contributed by atoms with Gasteiger partial charge < -0.3 is 9.74 Å². The van der Waals surface area contributed by atoms with Crippen LogP contribution < -0.4 is 5.32 Å². The molecule has 0 unspecified atom stereocenters. The van der Waals surface area contributed by atoms with Gasteiger partial charge in [0.15, 0.2) is 0 Å². The lowest BCUT2D eigenvalue weighted by molar-refractivity contribution is 0.199. The number of hydrogen-bond donors (Lipinski definition) is 1. The van der Waals surface area contributed by atoms with Crippen LogP contribution in [0.2, 0.25) is 19.6 Å². The third-order valence-electron chi connectivity index (χ3n) is 1.39. The van der Waals surface area contributed by atoms with Crippen LogP contribution in [0.3, 0.4) is 0 Å². The van der Waals surface area contributed by atoms with Crippen LogP contribution in [0.25, 0.3) is 0 Å². The van der Waals surface area contributed by atoms with E-state index in [2.05, 4.69) is 5.32 Å². The summed E-state index contributed by atoms with van der Waals surface area (Å²) < 4.78 is 5.07. The molecule has 0 aliphatic carbocycles. The molecule has 0 fully saturated rings. The molecule has 0 spiro atoms. The summed E-state index contributed by atoms with van der Waals surface area (Å²) in [6, 6.07) is 12.0. The molecule has 1 aromatic rings. The van der Waals surface area contributed by atoms with Crippen LogP contribution in [-0.2, 0) is 4.43 Å². The number of rotatable bonds is 2. The second kappa shape index (κ2) is 7.93. The number of benzene rings is 1. The summed E-state index contributed by atoms with van der Waals surface area (Å²) in [4.78, 5) is 10.8. The van der Waals surface area contributed by atoms with Crippen LogP contribution in [-0.4, -0.2) is 21.0 Å². The molecule has 0 aliphatic heterocycles. The highest BCUT2D eigenvalue weighted by Gasteiger charge is 2.18. The van der Waals surface area contributed by atoms with Gasteiger partial charge in [0.1, 0.15) is 0 Å². The fourth-order valence-corrected chi connectivity index (χ4v) is 1.47. The predicted molar refractivity (Wildman–Crippen MR) is 69.9 cm³/mol. The van der Waals surface area contributed by atoms with Crippen LogP contribution in [0.5, 0.6) is 0 Å². The third-order valence-corrected chi connectivity index (χ3v) is 2.18. The van der Waals surface area contributed by atoms with Gasteiger partial charge in [-0.05, 0) is 26.6 Å². The van der Waals surface area contributed by atoms with Crippen molar-refractivity contribution in [3.8, 4) is 0 Å². The van der Waals surface area contributed by atoms with Crippen molar-refractivity contribution in [2.45, 2.75) is 26.6 Å². The van der Waals surface area contributed by atoms with Crippen molar-refractivity contribution < 1.29 is 9.22 Å². The van der Waals surface area contributed by atoms with Gasteiger partial charge in [-0.15, -0.1) is 0 Å².